The number of hydrogen-bond acceptors (Lipinski definition) is 0. The van der Waals surface area contributed by atoms with E-state index < -0.39 is 0 Å². The van der Waals surface area contributed by atoms with Crippen molar-refractivity contribution in [2.75, 3.05) is 0 Å². The lowest BCUT2D eigenvalue weighted by atomic mass is 9.91. The molecule has 0 N–H and O–H groups in total. The molecule has 1 heteroatoms. The van der Waals surface area contributed by atoms with Gasteiger partial charge >= 0.3 is 0 Å². The van der Waals surface area contributed by atoms with E-state index in [9.17, 15) is 0 Å². The van der Waals surface area contributed by atoms with Gasteiger partial charge in [-0.05, 0) is 73.0 Å². The van der Waals surface area contributed by atoms with E-state index >= 15 is 0 Å². The molecule has 0 aliphatic rings. The van der Waals surface area contributed by atoms with Crippen LogP contribution in [0.2, 0.25) is 0 Å². The predicted molar refractivity (Wildman–Crippen MR) is 120 cm³/mol. The van der Waals surface area contributed by atoms with Crippen LogP contribution in [0.1, 0.15) is 29.3 Å². The predicted octanol–water partition coefficient (Wildman–Crippen LogP) is 6.54. The Balaban J connectivity index is 2.00. The molecule has 0 amide bonds. The van der Waals surface area contributed by atoms with E-state index in [4.69, 9.17) is 1.37 Å². The van der Waals surface area contributed by atoms with Crippen molar-refractivity contribution in [3.63, 3.8) is 0 Å². The molecule has 4 rings (SSSR count). The van der Waals surface area contributed by atoms with Gasteiger partial charge < -0.3 is 0 Å². The van der Waals surface area contributed by atoms with Gasteiger partial charge in [0.1, 0.15) is 7.05 Å². The van der Waals surface area contributed by atoms with E-state index in [1.165, 1.54) is 44.6 Å². The highest BCUT2D eigenvalue weighted by atomic mass is 14.9. The van der Waals surface area contributed by atoms with Gasteiger partial charge in [0, 0.05) is 18.5 Å². The van der Waals surface area contributed by atoms with Crippen LogP contribution in [-0.4, -0.2) is 0 Å². The summed E-state index contributed by atoms with van der Waals surface area (Å²) in [6.07, 6.45) is 0. The number of fused-ring (bicyclic) bond motifs is 1. The topological polar surface area (TPSA) is 3.88 Å². The highest BCUT2D eigenvalue weighted by molar-refractivity contribution is 5.94. The first-order valence-corrected chi connectivity index (χ1v) is 9.86. The number of aryl methyl sites for hydroxylation is 4. The molecule has 0 fully saturated rings. The fourth-order valence-electron chi connectivity index (χ4n) is 4.27. The van der Waals surface area contributed by atoms with Gasteiger partial charge in [-0.1, -0.05) is 48.0 Å². The molecular weight excluding hydrogens is 338 g/mol. The summed E-state index contributed by atoms with van der Waals surface area (Å²) in [6, 6.07) is 20.3. The van der Waals surface area contributed by atoms with E-state index in [1.54, 1.807) is 0 Å². The molecule has 1 nitrogen and oxygen atoms in total. The summed E-state index contributed by atoms with van der Waals surface area (Å²) in [4.78, 5) is 0. The second kappa shape index (κ2) is 6.91. The summed E-state index contributed by atoms with van der Waals surface area (Å²) in [6.45, 7) is 10.7. The highest BCUT2D eigenvalue weighted by Gasteiger charge is 2.20. The summed E-state index contributed by atoms with van der Waals surface area (Å²) in [5, 5.41) is 2.16. The molecule has 140 valence electrons. The fraction of sp³-hybridized carbons (Fsp3) is 0.222. The third kappa shape index (κ3) is 3.01. The molecular formula is C27H28N+. The minimum atomic E-state index is 0.607. The zero-order chi connectivity index (χ0) is 20.9. The van der Waals surface area contributed by atoms with Crippen molar-refractivity contribution in [1.82, 2.24) is 0 Å². The summed E-state index contributed by atoms with van der Waals surface area (Å²) in [5.41, 5.74) is 11.0. The van der Waals surface area contributed by atoms with Crippen molar-refractivity contribution in [2.24, 2.45) is 7.05 Å². The molecule has 0 aliphatic heterocycles. The Hall–Kier alpha value is -2.93. The van der Waals surface area contributed by atoms with Gasteiger partial charge in [0.15, 0.2) is 5.69 Å². The minimum Gasteiger partial charge on any atom is -0.198 e. The number of benzene rings is 3. The van der Waals surface area contributed by atoms with Crippen molar-refractivity contribution in [3.05, 3.63) is 88.6 Å². The second-order valence-corrected chi connectivity index (χ2v) is 7.96. The lowest BCUT2D eigenvalue weighted by Gasteiger charge is -2.14. The molecule has 1 heterocycles. The summed E-state index contributed by atoms with van der Waals surface area (Å²) >= 11 is 0. The maximum atomic E-state index is 8.59. The van der Waals surface area contributed by atoms with Crippen molar-refractivity contribution in [3.8, 4) is 22.4 Å². The molecule has 0 saturated heterocycles. The first-order valence-electron chi connectivity index (χ1n) is 10.4. The van der Waals surface area contributed by atoms with Crippen molar-refractivity contribution < 1.29 is 5.94 Å². The summed E-state index contributed by atoms with van der Waals surface area (Å²) in [5.74, 6) is 0. The lowest BCUT2D eigenvalue weighted by Crippen LogP contribution is -2.35. The number of nitrogens with zero attached hydrogens (tertiary/aromatic N) is 1. The standard InChI is InChI=1S/C27H28N/c1-17-10-11-22-16-21(5)28(6)27(25(22)14-17)24-13-12-23(15-20(24)4)26-18(2)8-7-9-19(26)3/h7-16H,1-6H3/q+1/i16D. The van der Waals surface area contributed by atoms with E-state index in [1.807, 2.05) is 6.92 Å². The molecule has 0 spiro atoms. The van der Waals surface area contributed by atoms with Gasteiger partial charge in [-0.2, -0.15) is 4.57 Å². The summed E-state index contributed by atoms with van der Waals surface area (Å²) < 4.78 is 10.8. The average Bonchev–Trinajstić information content (AvgIpc) is 2.67. The van der Waals surface area contributed by atoms with Crippen molar-refractivity contribution >= 4 is 10.8 Å². The van der Waals surface area contributed by atoms with Crippen LogP contribution in [0, 0.1) is 34.6 Å². The molecule has 28 heavy (non-hydrogen) atoms. The van der Waals surface area contributed by atoms with Gasteiger partial charge in [0.05, 0.1) is 6.76 Å². The zero-order valence-corrected chi connectivity index (χ0v) is 17.6. The third-order valence-electron chi connectivity index (χ3n) is 5.84. The van der Waals surface area contributed by atoms with Crippen LogP contribution in [0.4, 0.5) is 0 Å². The Morgan fingerprint density at radius 2 is 1.50 bits per heavy atom. The van der Waals surface area contributed by atoms with Crippen molar-refractivity contribution in [1.29, 1.82) is 0 Å². The number of aromatic nitrogens is 1. The van der Waals surface area contributed by atoms with Crippen LogP contribution < -0.4 is 4.57 Å². The van der Waals surface area contributed by atoms with Gasteiger partial charge in [0.25, 0.3) is 0 Å². The van der Waals surface area contributed by atoms with Gasteiger partial charge in [-0.15, -0.1) is 0 Å². The molecule has 4 aromatic rings. The SMILES string of the molecule is [2H]c1c(C)[n+](C)c(-c2ccc(-c3c(C)cccc3C)cc2C)c2cc(C)ccc12. The Morgan fingerprint density at radius 1 is 0.786 bits per heavy atom. The summed E-state index contributed by atoms with van der Waals surface area (Å²) in [7, 11) is 2.07. The Bertz CT molecular complexity index is 1250. The van der Waals surface area contributed by atoms with E-state index in [2.05, 4.69) is 93.9 Å². The zero-order valence-electron chi connectivity index (χ0n) is 18.6. The van der Waals surface area contributed by atoms with Crippen molar-refractivity contribution in [2.45, 2.75) is 34.6 Å². The number of rotatable bonds is 2. The molecule has 0 bridgehead atoms. The second-order valence-electron chi connectivity index (χ2n) is 7.96. The molecule has 0 saturated carbocycles. The minimum absolute atomic E-state index is 0.607. The van der Waals surface area contributed by atoms with Crippen LogP contribution in [0.15, 0.2) is 60.6 Å². The first-order chi connectivity index (χ1) is 13.8. The van der Waals surface area contributed by atoms with E-state index in [0.29, 0.717) is 6.04 Å². The lowest BCUT2D eigenvalue weighted by molar-refractivity contribution is -0.665. The maximum Gasteiger partial charge on any atom is 0.220 e. The highest BCUT2D eigenvalue weighted by Crippen LogP contribution is 2.34. The van der Waals surface area contributed by atoms with E-state index in [0.717, 1.165) is 16.5 Å². The Morgan fingerprint density at radius 3 is 2.18 bits per heavy atom. The van der Waals surface area contributed by atoms with Crippen LogP contribution in [0.5, 0.6) is 0 Å². The van der Waals surface area contributed by atoms with Crippen LogP contribution in [-0.2, 0) is 7.05 Å². The largest absolute Gasteiger partial charge is 0.220 e. The Labute approximate surface area is 169 Å². The van der Waals surface area contributed by atoms with Crippen LogP contribution in [0.25, 0.3) is 33.2 Å². The fourth-order valence-corrected chi connectivity index (χ4v) is 4.27. The van der Waals surface area contributed by atoms with Gasteiger partial charge in [0.2, 0.25) is 5.69 Å². The molecule has 0 atom stereocenters. The quantitative estimate of drug-likeness (QED) is 0.354. The molecule has 0 unspecified atom stereocenters. The molecule has 0 aliphatic carbocycles. The Kier molecular flexibility index (Phi) is 4.24. The smallest absolute Gasteiger partial charge is 0.198 e. The van der Waals surface area contributed by atoms with Crippen LogP contribution >= 0.6 is 0 Å². The number of pyridine rings is 1. The number of hydrogen-bond donors (Lipinski definition) is 0. The van der Waals surface area contributed by atoms with Crippen LogP contribution in [0.3, 0.4) is 0 Å². The molecule has 3 aromatic carbocycles. The molecule has 0 radical (unpaired) electrons. The third-order valence-corrected chi connectivity index (χ3v) is 5.84. The monoisotopic (exact) mass is 367 g/mol. The van der Waals surface area contributed by atoms with Gasteiger partial charge in [-0.25, -0.2) is 0 Å². The normalized spacial score (nSPS) is 11.7. The van der Waals surface area contributed by atoms with Gasteiger partial charge in [-0.3, -0.25) is 0 Å². The maximum absolute atomic E-state index is 8.59. The van der Waals surface area contributed by atoms with E-state index in [-0.39, 0.29) is 0 Å². The average molecular weight is 368 g/mol. The first kappa shape index (κ1) is 17.2. The molecule has 1 aromatic heterocycles.